The number of hydrogen-bond acceptors (Lipinski definition) is 2. The summed E-state index contributed by atoms with van der Waals surface area (Å²) in [6, 6.07) is 6.35. The predicted octanol–water partition coefficient (Wildman–Crippen LogP) is 3.62. The SMILES string of the molecule is Cc1ccc2c(c1)nc(C(C)Cl)n2CCc1nccn1C. The first-order valence-corrected chi connectivity index (χ1v) is 7.57. The van der Waals surface area contributed by atoms with Gasteiger partial charge in [-0.15, -0.1) is 11.6 Å². The van der Waals surface area contributed by atoms with Gasteiger partial charge in [-0.25, -0.2) is 9.97 Å². The number of benzene rings is 1. The van der Waals surface area contributed by atoms with Crippen LogP contribution in [-0.2, 0) is 20.0 Å². The summed E-state index contributed by atoms with van der Waals surface area (Å²) in [4.78, 5) is 9.08. The first-order chi connectivity index (χ1) is 10.1. The van der Waals surface area contributed by atoms with E-state index in [0.29, 0.717) is 0 Å². The molecule has 5 heteroatoms. The topological polar surface area (TPSA) is 35.6 Å². The van der Waals surface area contributed by atoms with Crippen LogP contribution in [0, 0.1) is 6.92 Å². The van der Waals surface area contributed by atoms with Crippen LogP contribution in [0.4, 0.5) is 0 Å². The molecule has 1 unspecified atom stereocenters. The number of nitrogens with zero attached hydrogens (tertiary/aromatic N) is 4. The van der Waals surface area contributed by atoms with Crippen molar-refractivity contribution in [1.82, 2.24) is 19.1 Å². The second-order valence-corrected chi connectivity index (χ2v) is 6.09. The Hall–Kier alpha value is -1.81. The Morgan fingerprint density at radius 2 is 2.14 bits per heavy atom. The van der Waals surface area contributed by atoms with Crippen LogP contribution in [0.15, 0.2) is 30.6 Å². The van der Waals surface area contributed by atoms with Crippen LogP contribution < -0.4 is 0 Å². The van der Waals surface area contributed by atoms with Crippen molar-refractivity contribution in [3.63, 3.8) is 0 Å². The molecule has 0 spiro atoms. The van der Waals surface area contributed by atoms with Crippen molar-refractivity contribution in [3.05, 3.63) is 47.8 Å². The van der Waals surface area contributed by atoms with Crippen LogP contribution in [0.2, 0.25) is 0 Å². The molecule has 0 aliphatic heterocycles. The second kappa shape index (κ2) is 5.53. The molecule has 0 bridgehead atoms. The monoisotopic (exact) mass is 302 g/mol. The lowest BCUT2D eigenvalue weighted by molar-refractivity contribution is 0.634. The van der Waals surface area contributed by atoms with Crippen LogP contribution in [0.5, 0.6) is 0 Å². The number of alkyl halides is 1. The standard InChI is InChI=1S/C16H19ClN4/c1-11-4-5-14-13(10-11)19-16(12(2)17)21(14)8-6-15-18-7-9-20(15)3/h4-5,7,9-10,12H,6,8H2,1-3H3. The first-order valence-electron chi connectivity index (χ1n) is 7.13. The Balaban J connectivity index is 1.99. The fourth-order valence-corrected chi connectivity index (χ4v) is 2.81. The summed E-state index contributed by atoms with van der Waals surface area (Å²) in [5.41, 5.74) is 3.36. The van der Waals surface area contributed by atoms with Crippen molar-refractivity contribution in [2.75, 3.05) is 0 Å². The number of hydrogen-bond donors (Lipinski definition) is 0. The molecular formula is C16H19ClN4. The molecular weight excluding hydrogens is 284 g/mol. The molecule has 21 heavy (non-hydrogen) atoms. The molecule has 0 aliphatic carbocycles. The summed E-state index contributed by atoms with van der Waals surface area (Å²) < 4.78 is 4.26. The van der Waals surface area contributed by atoms with Gasteiger partial charge < -0.3 is 9.13 Å². The largest absolute Gasteiger partial charge is 0.338 e. The fourth-order valence-electron chi connectivity index (χ4n) is 2.65. The highest BCUT2D eigenvalue weighted by molar-refractivity contribution is 6.20. The van der Waals surface area contributed by atoms with E-state index < -0.39 is 0 Å². The Kier molecular flexibility index (Phi) is 3.72. The maximum Gasteiger partial charge on any atom is 0.127 e. The van der Waals surface area contributed by atoms with Gasteiger partial charge in [-0.2, -0.15) is 0 Å². The highest BCUT2D eigenvalue weighted by Crippen LogP contribution is 2.25. The van der Waals surface area contributed by atoms with E-state index in [1.165, 1.54) is 5.56 Å². The Bertz CT molecular complexity index is 770. The van der Waals surface area contributed by atoms with Crippen molar-refractivity contribution in [2.24, 2.45) is 7.05 Å². The zero-order valence-corrected chi connectivity index (χ0v) is 13.3. The van der Waals surface area contributed by atoms with E-state index in [1.807, 2.05) is 30.9 Å². The zero-order chi connectivity index (χ0) is 15.0. The van der Waals surface area contributed by atoms with Crippen molar-refractivity contribution >= 4 is 22.6 Å². The van der Waals surface area contributed by atoms with Gasteiger partial charge in [-0.1, -0.05) is 6.07 Å². The molecule has 110 valence electrons. The number of aryl methyl sites for hydroxylation is 4. The predicted molar refractivity (Wildman–Crippen MR) is 85.7 cm³/mol. The van der Waals surface area contributed by atoms with Gasteiger partial charge in [0.25, 0.3) is 0 Å². The number of aromatic nitrogens is 4. The third-order valence-corrected chi connectivity index (χ3v) is 3.96. The lowest BCUT2D eigenvalue weighted by Gasteiger charge is -2.10. The summed E-state index contributed by atoms with van der Waals surface area (Å²) in [7, 11) is 2.02. The smallest absolute Gasteiger partial charge is 0.127 e. The van der Waals surface area contributed by atoms with Crippen molar-refractivity contribution in [1.29, 1.82) is 0 Å². The van der Waals surface area contributed by atoms with Crippen molar-refractivity contribution < 1.29 is 0 Å². The first kappa shape index (κ1) is 14.1. The van der Waals surface area contributed by atoms with Gasteiger partial charge in [0.1, 0.15) is 11.6 Å². The molecule has 0 N–H and O–H groups in total. The van der Waals surface area contributed by atoms with E-state index in [-0.39, 0.29) is 5.38 Å². The normalized spacial score (nSPS) is 13.0. The summed E-state index contributed by atoms with van der Waals surface area (Å²) in [5, 5.41) is -0.112. The van der Waals surface area contributed by atoms with Gasteiger partial charge in [0, 0.05) is 32.4 Å². The Morgan fingerprint density at radius 3 is 2.81 bits per heavy atom. The van der Waals surface area contributed by atoms with Gasteiger partial charge in [0.15, 0.2) is 0 Å². The zero-order valence-electron chi connectivity index (χ0n) is 12.5. The summed E-state index contributed by atoms with van der Waals surface area (Å²) in [5.74, 6) is 1.99. The van der Waals surface area contributed by atoms with E-state index in [9.17, 15) is 0 Å². The average molecular weight is 303 g/mol. The molecule has 1 aromatic carbocycles. The van der Waals surface area contributed by atoms with Gasteiger partial charge >= 0.3 is 0 Å². The molecule has 0 fully saturated rings. The Labute approximate surface area is 129 Å². The maximum atomic E-state index is 6.31. The highest BCUT2D eigenvalue weighted by atomic mass is 35.5. The molecule has 0 amide bonds. The minimum absolute atomic E-state index is 0.112. The van der Waals surface area contributed by atoms with Gasteiger partial charge in [-0.05, 0) is 31.5 Å². The fraction of sp³-hybridized carbons (Fsp3) is 0.375. The lowest BCUT2D eigenvalue weighted by Crippen LogP contribution is -2.09. The van der Waals surface area contributed by atoms with Crippen LogP contribution in [0.1, 0.15) is 29.5 Å². The van der Waals surface area contributed by atoms with E-state index in [4.69, 9.17) is 16.6 Å². The number of halogens is 1. The molecule has 0 saturated carbocycles. The van der Waals surface area contributed by atoms with Crippen molar-refractivity contribution in [3.8, 4) is 0 Å². The lowest BCUT2D eigenvalue weighted by atomic mass is 10.2. The molecule has 0 saturated heterocycles. The molecule has 2 aromatic heterocycles. The van der Waals surface area contributed by atoms with E-state index in [2.05, 4.69) is 34.7 Å². The van der Waals surface area contributed by atoms with Crippen LogP contribution in [0.3, 0.4) is 0 Å². The van der Waals surface area contributed by atoms with Gasteiger partial charge in [-0.3, -0.25) is 0 Å². The van der Waals surface area contributed by atoms with Crippen LogP contribution in [-0.4, -0.2) is 19.1 Å². The van der Waals surface area contributed by atoms with Crippen LogP contribution >= 0.6 is 11.6 Å². The molecule has 2 heterocycles. The molecule has 4 nitrogen and oxygen atoms in total. The molecule has 0 radical (unpaired) electrons. The Morgan fingerprint density at radius 1 is 1.33 bits per heavy atom. The van der Waals surface area contributed by atoms with Crippen molar-refractivity contribution in [2.45, 2.75) is 32.2 Å². The van der Waals surface area contributed by atoms with E-state index >= 15 is 0 Å². The minimum atomic E-state index is -0.112. The summed E-state index contributed by atoms with van der Waals surface area (Å²) >= 11 is 6.31. The number of imidazole rings is 2. The molecule has 3 rings (SSSR count). The molecule has 0 aliphatic rings. The summed E-state index contributed by atoms with van der Waals surface area (Å²) in [6.07, 6.45) is 4.66. The van der Waals surface area contributed by atoms with Crippen LogP contribution in [0.25, 0.3) is 11.0 Å². The number of fused-ring (bicyclic) bond motifs is 1. The quantitative estimate of drug-likeness (QED) is 0.690. The van der Waals surface area contributed by atoms with Gasteiger partial charge in [0.05, 0.1) is 16.4 Å². The number of rotatable bonds is 4. The van der Waals surface area contributed by atoms with Gasteiger partial charge in [0.2, 0.25) is 0 Å². The minimum Gasteiger partial charge on any atom is -0.338 e. The van der Waals surface area contributed by atoms with E-state index in [1.54, 1.807) is 0 Å². The summed E-state index contributed by atoms with van der Waals surface area (Å²) in [6.45, 7) is 4.87. The average Bonchev–Trinajstić information content (AvgIpc) is 2.99. The maximum absolute atomic E-state index is 6.31. The molecule has 3 aromatic rings. The highest BCUT2D eigenvalue weighted by Gasteiger charge is 2.15. The van der Waals surface area contributed by atoms with E-state index in [0.717, 1.165) is 35.6 Å². The molecule has 1 atom stereocenters. The third kappa shape index (κ3) is 2.68. The third-order valence-electron chi connectivity index (χ3n) is 3.77. The second-order valence-electron chi connectivity index (χ2n) is 5.43.